The average Bonchev–Trinajstić information content (AvgIpc) is 3.17. The number of rotatable bonds is 2. The molecule has 126 valence electrons. The monoisotopic (exact) mass is 337 g/mol. The normalized spacial score (nSPS) is 25.0. The fourth-order valence-electron chi connectivity index (χ4n) is 4.30. The summed E-state index contributed by atoms with van der Waals surface area (Å²) in [6, 6.07) is 9.35. The number of nitro groups is 1. The molecule has 0 amide bonds. The van der Waals surface area contributed by atoms with Gasteiger partial charge in [0, 0.05) is 30.4 Å². The molecule has 0 unspecified atom stereocenters. The lowest BCUT2D eigenvalue weighted by Crippen LogP contribution is -2.42. The Balaban J connectivity index is 2.24. The van der Waals surface area contributed by atoms with Gasteiger partial charge >= 0.3 is 0 Å². The van der Waals surface area contributed by atoms with Gasteiger partial charge in [-0.25, -0.2) is 0 Å². The van der Waals surface area contributed by atoms with Gasteiger partial charge in [0.1, 0.15) is 17.0 Å². The van der Waals surface area contributed by atoms with Crippen LogP contribution >= 0.6 is 0 Å². The topological polar surface area (TPSA) is 125 Å². The zero-order valence-corrected chi connectivity index (χ0v) is 13.8. The highest BCUT2D eigenvalue weighted by molar-refractivity contribution is 6.17. The maximum absolute atomic E-state index is 12.9. The van der Waals surface area contributed by atoms with Gasteiger partial charge in [-0.1, -0.05) is 32.0 Å². The molecular formula is C18H15N3O4. The quantitative estimate of drug-likeness (QED) is 0.464. The third-order valence-corrected chi connectivity index (χ3v) is 5.36. The van der Waals surface area contributed by atoms with Crippen LogP contribution in [0.25, 0.3) is 0 Å². The lowest BCUT2D eigenvalue weighted by molar-refractivity contribution is -0.385. The van der Waals surface area contributed by atoms with E-state index in [0.29, 0.717) is 0 Å². The zero-order chi connectivity index (χ0) is 18.6. The SMILES string of the molecule is CC1(C)CC(=O)C2(C(=O)C1)[C@H](c1ccccc1[N+](=O)[O-])C2(C#N)C#N. The van der Waals surface area contributed by atoms with E-state index in [1.807, 2.05) is 12.1 Å². The smallest absolute Gasteiger partial charge is 0.273 e. The minimum Gasteiger partial charge on any atom is -0.298 e. The first-order valence-electron chi connectivity index (χ1n) is 7.80. The van der Waals surface area contributed by atoms with E-state index in [4.69, 9.17) is 0 Å². The fourth-order valence-corrected chi connectivity index (χ4v) is 4.30. The number of hydrogen-bond acceptors (Lipinski definition) is 6. The van der Waals surface area contributed by atoms with Crippen molar-refractivity contribution in [3.63, 3.8) is 0 Å². The second-order valence-electron chi connectivity index (χ2n) is 7.45. The Kier molecular flexibility index (Phi) is 3.34. The van der Waals surface area contributed by atoms with E-state index in [1.54, 1.807) is 13.8 Å². The van der Waals surface area contributed by atoms with Gasteiger partial charge in [0.05, 0.1) is 17.1 Å². The molecule has 0 aromatic heterocycles. The Hall–Kier alpha value is -3.06. The zero-order valence-electron chi connectivity index (χ0n) is 13.8. The molecule has 0 radical (unpaired) electrons. The van der Waals surface area contributed by atoms with Gasteiger partial charge in [-0.15, -0.1) is 0 Å². The number of carbonyl (C=O) groups is 2. The van der Waals surface area contributed by atoms with Crippen molar-refractivity contribution in [2.24, 2.45) is 16.2 Å². The van der Waals surface area contributed by atoms with Gasteiger partial charge in [0.15, 0.2) is 5.41 Å². The number of para-hydroxylation sites is 1. The Labute approximate surface area is 144 Å². The first kappa shape index (κ1) is 16.8. The molecule has 25 heavy (non-hydrogen) atoms. The third-order valence-electron chi connectivity index (χ3n) is 5.36. The van der Waals surface area contributed by atoms with E-state index in [-0.39, 0.29) is 24.1 Å². The lowest BCUT2D eigenvalue weighted by atomic mass is 9.67. The molecule has 1 spiro atoms. The van der Waals surface area contributed by atoms with Crippen molar-refractivity contribution >= 4 is 17.3 Å². The predicted molar refractivity (Wildman–Crippen MR) is 85.0 cm³/mol. The Morgan fingerprint density at radius 2 is 1.64 bits per heavy atom. The molecule has 1 aromatic carbocycles. The van der Waals surface area contributed by atoms with Gasteiger partial charge < -0.3 is 0 Å². The lowest BCUT2D eigenvalue weighted by Gasteiger charge is -2.33. The van der Waals surface area contributed by atoms with Gasteiger partial charge in [0.25, 0.3) is 5.69 Å². The van der Waals surface area contributed by atoms with Crippen LogP contribution < -0.4 is 0 Å². The van der Waals surface area contributed by atoms with Crippen LogP contribution in [0.1, 0.15) is 38.2 Å². The molecule has 0 N–H and O–H groups in total. The molecule has 7 heteroatoms. The average molecular weight is 337 g/mol. The highest BCUT2D eigenvalue weighted by atomic mass is 16.6. The molecule has 0 saturated heterocycles. The highest BCUT2D eigenvalue weighted by Crippen LogP contribution is 2.77. The molecule has 0 aliphatic heterocycles. The number of Topliss-reactive ketones (excluding diaryl/α,β-unsaturated/α-hetero) is 2. The maximum atomic E-state index is 12.9. The fraction of sp³-hybridized carbons (Fsp3) is 0.444. The molecule has 2 saturated carbocycles. The van der Waals surface area contributed by atoms with E-state index in [2.05, 4.69) is 0 Å². The van der Waals surface area contributed by atoms with E-state index in [9.17, 15) is 30.2 Å². The summed E-state index contributed by atoms with van der Waals surface area (Å²) in [6.45, 7) is 3.55. The van der Waals surface area contributed by atoms with Crippen LogP contribution in [0.15, 0.2) is 24.3 Å². The molecule has 2 fully saturated rings. The summed E-state index contributed by atoms with van der Waals surface area (Å²) in [4.78, 5) is 36.5. The number of benzene rings is 1. The Morgan fingerprint density at radius 1 is 1.12 bits per heavy atom. The summed E-state index contributed by atoms with van der Waals surface area (Å²) in [7, 11) is 0. The van der Waals surface area contributed by atoms with Crippen LogP contribution in [-0.4, -0.2) is 16.5 Å². The van der Waals surface area contributed by atoms with Crippen molar-refractivity contribution in [2.75, 3.05) is 0 Å². The van der Waals surface area contributed by atoms with Crippen LogP contribution in [0.2, 0.25) is 0 Å². The maximum Gasteiger partial charge on any atom is 0.273 e. The van der Waals surface area contributed by atoms with Gasteiger partial charge in [-0.3, -0.25) is 19.7 Å². The number of nitro benzene ring substituents is 1. The van der Waals surface area contributed by atoms with Crippen molar-refractivity contribution in [2.45, 2.75) is 32.6 Å². The minimum absolute atomic E-state index is 0.0565. The van der Waals surface area contributed by atoms with Crippen molar-refractivity contribution in [3.05, 3.63) is 39.9 Å². The number of hydrogen-bond donors (Lipinski definition) is 0. The molecule has 1 aromatic rings. The van der Waals surface area contributed by atoms with Crippen molar-refractivity contribution < 1.29 is 14.5 Å². The summed E-state index contributed by atoms with van der Waals surface area (Å²) in [5, 5.41) is 30.7. The number of carbonyl (C=O) groups excluding carboxylic acids is 2. The molecular weight excluding hydrogens is 322 g/mol. The molecule has 2 aliphatic rings. The number of ketones is 2. The van der Waals surface area contributed by atoms with Gasteiger partial charge in [0.2, 0.25) is 0 Å². The van der Waals surface area contributed by atoms with E-state index < -0.39 is 38.7 Å². The largest absolute Gasteiger partial charge is 0.298 e. The van der Waals surface area contributed by atoms with E-state index in [1.165, 1.54) is 24.3 Å². The van der Waals surface area contributed by atoms with E-state index in [0.717, 1.165) is 0 Å². The summed E-state index contributed by atoms with van der Waals surface area (Å²) < 4.78 is 0. The molecule has 7 nitrogen and oxygen atoms in total. The van der Waals surface area contributed by atoms with E-state index >= 15 is 0 Å². The van der Waals surface area contributed by atoms with Crippen LogP contribution in [0.3, 0.4) is 0 Å². The first-order valence-corrected chi connectivity index (χ1v) is 7.80. The van der Waals surface area contributed by atoms with Crippen LogP contribution in [0.4, 0.5) is 5.69 Å². The predicted octanol–water partition coefficient (Wildman–Crippen LogP) is 2.67. The standard InChI is InChI=1S/C18H15N3O4/c1-16(2)7-13(22)18(14(23)8-16)15(17(18,9-19)10-20)11-5-3-4-6-12(11)21(24)25/h3-6,15H,7-8H2,1-2H3/t15-/m1/s1. The first-order chi connectivity index (χ1) is 11.7. The summed E-state index contributed by atoms with van der Waals surface area (Å²) in [5.74, 6) is -2.05. The molecule has 0 bridgehead atoms. The summed E-state index contributed by atoms with van der Waals surface area (Å²) in [6.07, 6.45) is 0.113. The highest BCUT2D eigenvalue weighted by Gasteiger charge is 2.87. The van der Waals surface area contributed by atoms with Gasteiger partial charge in [-0.05, 0) is 5.41 Å². The third kappa shape index (κ3) is 1.90. The van der Waals surface area contributed by atoms with Crippen molar-refractivity contribution in [1.29, 1.82) is 10.5 Å². The minimum atomic E-state index is -1.89. The Morgan fingerprint density at radius 3 is 2.12 bits per heavy atom. The van der Waals surface area contributed by atoms with Crippen LogP contribution in [-0.2, 0) is 9.59 Å². The second kappa shape index (κ2) is 4.97. The second-order valence-corrected chi connectivity index (χ2v) is 7.45. The molecule has 0 heterocycles. The number of nitrogens with zero attached hydrogens (tertiary/aromatic N) is 3. The van der Waals surface area contributed by atoms with Crippen LogP contribution in [0, 0.1) is 49.0 Å². The summed E-state index contributed by atoms with van der Waals surface area (Å²) >= 11 is 0. The van der Waals surface area contributed by atoms with Crippen LogP contribution in [0.5, 0.6) is 0 Å². The Bertz CT molecular complexity index is 870. The van der Waals surface area contributed by atoms with Crippen molar-refractivity contribution in [1.82, 2.24) is 0 Å². The van der Waals surface area contributed by atoms with Gasteiger partial charge in [-0.2, -0.15) is 10.5 Å². The summed E-state index contributed by atoms with van der Waals surface area (Å²) in [5.41, 5.74) is -4.42. The van der Waals surface area contributed by atoms with Crippen molar-refractivity contribution in [3.8, 4) is 12.1 Å². The molecule has 3 rings (SSSR count). The molecule has 2 aliphatic carbocycles. The number of nitriles is 2. The molecule has 1 atom stereocenters.